The molecule has 0 saturated carbocycles. The number of carbonyl (C=O) groups is 1. The molecule has 0 fully saturated rings. The fraction of sp³-hybridized carbons (Fsp3) is 0.167. The maximum absolute atomic E-state index is 13.0. The molecule has 0 unspecified atom stereocenters. The summed E-state index contributed by atoms with van der Waals surface area (Å²) in [5.41, 5.74) is 2.98. The Balaban J connectivity index is 0.000000941. The van der Waals surface area contributed by atoms with Crippen LogP contribution >= 0.6 is 0 Å². The average molecular weight is 392 g/mol. The number of carbonyl (C=O) groups excluding carboxylic acids is 1. The second-order valence-electron chi connectivity index (χ2n) is 6.24. The van der Waals surface area contributed by atoms with Crippen LogP contribution in [0.3, 0.4) is 0 Å². The van der Waals surface area contributed by atoms with Gasteiger partial charge in [0.2, 0.25) is 5.88 Å². The van der Waals surface area contributed by atoms with Gasteiger partial charge in [-0.05, 0) is 67.9 Å². The first-order valence-corrected chi connectivity index (χ1v) is 9.31. The van der Waals surface area contributed by atoms with Crippen LogP contribution in [0.2, 0.25) is 0 Å². The Kier molecular flexibility index (Phi) is 8.73. The van der Waals surface area contributed by atoms with Crippen molar-refractivity contribution in [3.8, 4) is 22.8 Å². The number of nitrogens with zero attached hydrogens (tertiary/aromatic N) is 1. The van der Waals surface area contributed by atoms with Gasteiger partial charge in [-0.15, -0.1) is 0 Å². The molecule has 0 saturated heterocycles. The summed E-state index contributed by atoms with van der Waals surface area (Å²) in [6.07, 6.45) is 6.63. The molecule has 1 N–H and O–H groups in total. The number of hydrogen-bond donors (Lipinski definition) is 1. The van der Waals surface area contributed by atoms with Crippen molar-refractivity contribution in [2.24, 2.45) is 0 Å². The first kappa shape index (κ1) is 22.0. The van der Waals surface area contributed by atoms with E-state index in [0.29, 0.717) is 17.7 Å². The molecule has 2 aromatic carbocycles. The van der Waals surface area contributed by atoms with Gasteiger partial charge < -0.3 is 14.8 Å². The topological polar surface area (TPSA) is 51.2 Å². The highest BCUT2D eigenvalue weighted by molar-refractivity contribution is 5.64. The molecule has 0 bridgehead atoms. The zero-order valence-corrected chi connectivity index (χ0v) is 16.8. The number of benzene rings is 2. The van der Waals surface area contributed by atoms with E-state index in [4.69, 9.17) is 9.53 Å². The average Bonchev–Trinajstić information content (AvgIpc) is 2.75. The predicted octanol–water partition coefficient (Wildman–Crippen LogP) is 5.51. The maximum Gasteiger partial charge on any atom is 0.219 e. The Hall–Kier alpha value is -3.31. The van der Waals surface area contributed by atoms with Crippen molar-refractivity contribution >= 4 is 12.4 Å². The van der Waals surface area contributed by atoms with Crippen LogP contribution in [0.25, 0.3) is 17.2 Å². The Morgan fingerprint density at radius 1 is 1.00 bits per heavy atom. The smallest absolute Gasteiger partial charge is 0.219 e. The summed E-state index contributed by atoms with van der Waals surface area (Å²) in [5, 5.41) is 3.15. The minimum absolute atomic E-state index is 0.238. The van der Waals surface area contributed by atoms with E-state index in [1.807, 2.05) is 49.5 Å². The molecule has 3 rings (SSSR count). The first-order valence-electron chi connectivity index (χ1n) is 9.31. The lowest BCUT2D eigenvalue weighted by Gasteiger charge is -2.07. The molecule has 0 radical (unpaired) electrons. The van der Waals surface area contributed by atoms with Crippen LogP contribution < -0.4 is 10.1 Å². The van der Waals surface area contributed by atoms with Crippen LogP contribution in [-0.2, 0) is 4.79 Å². The number of hydrogen-bond acceptors (Lipinski definition) is 4. The fourth-order valence-corrected chi connectivity index (χ4v) is 2.38. The number of rotatable bonds is 6. The van der Waals surface area contributed by atoms with E-state index in [0.717, 1.165) is 23.0 Å². The zero-order chi connectivity index (χ0) is 21.1. The highest BCUT2D eigenvalue weighted by Crippen LogP contribution is 2.25. The number of halogens is 1. The molecule has 4 nitrogen and oxygen atoms in total. The van der Waals surface area contributed by atoms with Gasteiger partial charge in [0.15, 0.2) is 0 Å². The minimum atomic E-state index is -0.238. The molecule has 0 aliphatic rings. The molecule has 0 aliphatic heterocycles. The molecule has 0 aliphatic carbocycles. The fourth-order valence-electron chi connectivity index (χ4n) is 2.38. The largest absolute Gasteiger partial charge is 0.439 e. The van der Waals surface area contributed by atoms with Crippen LogP contribution in [0, 0.1) is 5.82 Å². The van der Waals surface area contributed by atoms with Gasteiger partial charge in [0.05, 0.1) is 0 Å². The lowest BCUT2D eigenvalue weighted by Crippen LogP contribution is -2.17. The van der Waals surface area contributed by atoms with Crippen LogP contribution in [-0.4, -0.2) is 24.4 Å². The Bertz CT molecular complexity index is 905. The van der Waals surface area contributed by atoms with Gasteiger partial charge in [-0.3, -0.25) is 0 Å². The van der Waals surface area contributed by atoms with Crippen LogP contribution in [0.1, 0.15) is 19.4 Å². The Morgan fingerprint density at radius 3 is 2.10 bits per heavy atom. The van der Waals surface area contributed by atoms with E-state index in [1.54, 1.807) is 18.3 Å². The monoisotopic (exact) mass is 392 g/mol. The van der Waals surface area contributed by atoms with E-state index >= 15 is 0 Å². The van der Waals surface area contributed by atoms with Crippen LogP contribution in [0.4, 0.5) is 4.39 Å². The molecular formula is C24H25FN2O2. The Morgan fingerprint density at radius 2 is 1.59 bits per heavy atom. The van der Waals surface area contributed by atoms with Gasteiger partial charge >= 0.3 is 0 Å². The van der Waals surface area contributed by atoms with Crippen molar-refractivity contribution in [1.82, 2.24) is 10.3 Å². The third-order valence-corrected chi connectivity index (χ3v) is 4.05. The Labute approximate surface area is 171 Å². The van der Waals surface area contributed by atoms with Crippen molar-refractivity contribution in [3.05, 3.63) is 84.3 Å². The van der Waals surface area contributed by atoms with E-state index in [-0.39, 0.29) is 5.82 Å². The molecule has 1 heterocycles. The van der Waals surface area contributed by atoms with E-state index in [9.17, 15) is 4.39 Å². The van der Waals surface area contributed by atoms with Gasteiger partial charge in [0, 0.05) is 18.3 Å². The highest BCUT2D eigenvalue weighted by atomic mass is 19.1. The second-order valence-corrected chi connectivity index (χ2v) is 6.24. The van der Waals surface area contributed by atoms with Crippen molar-refractivity contribution < 1.29 is 13.9 Å². The number of nitrogens with one attached hydrogen (secondary N) is 1. The quantitative estimate of drug-likeness (QED) is 0.562. The van der Waals surface area contributed by atoms with Crippen LogP contribution in [0.5, 0.6) is 11.6 Å². The third-order valence-electron chi connectivity index (χ3n) is 4.05. The summed E-state index contributed by atoms with van der Waals surface area (Å²) >= 11 is 0. The summed E-state index contributed by atoms with van der Waals surface area (Å²) in [7, 11) is 1.92. The second kappa shape index (κ2) is 11.5. The van der Waals surface area contributed by atoms with E-state index < -0.39 is 0 Å². The molecule has 150 valence electrons. The van der Waals surface area contributed by atoms with Crippen LogP contribution in [0.15, 0.2) is 72.9 Å². The highest BCUT2D eigenvalue weighted by Gasteiger charge is 2.02. The summed E-state index contributed by atoms with van der Waals surface area (Å²) in [5.74, 6) is 1.01. The van der Waals surface area contributed by atoms with Crippen molar-refractivity contribution in [3.63, 3.8) is 0 Å². The standard InChI is InChI=1S/C22H21FN2O.C2H4O/c1-16(24-2)3-4-17-5-14-22(25-15-17)26-21-12-8-19(9-13-21)18-6-10-20(23)11-7-18;1-2-3/h3-16,24H,1-2H3;2H,1H3/b4-3+;/t16-;/m0./s1. The molecule has 1 aromatic heterocycles. The molecule has 0 amide bonds. The number of ether oxygens (including phenoxy) is 1. The maximum atomic E-state index is 13.0. The third kappa shape index (κ3) is 7.31. The molecule has 3 aromatic rings. The van der Waals surface area contributed by atoms with Crippen molar-refractivity contribution in [1.29, 1.82) is 0 Å². The molecule has 5 heteroatoms. The van der Waals surface area contributed by atoms with E-state index in [1.165, 1.54) is 19.1 Å². The van der Waals surface area contributed by atoms with Crippen molar-refractivity contribution in [2.75, 3.05) is 7.05 Å². The van der Waals surface area contributed by atoms with Gasteiger partial charge in [-0.1, -0.05) is 36.4 Å². The van der Waals surface area contributed by atoms with E-state index in [2.05, 4.69) is 23.3 Å². The zero-order valence-electron chi connectivity index (χ0n) is 16.8. The summed E-state index contributed by atoms with van der Waals surface area (Å²) in [6, 6.07) is 18.2. The minimum Gasteiger partial charge on any atom is -0.439 e. The number of pyridine rings is 1. The van der Waals surface area contributed by atoms with Gasteiger partial charge in [-0.25, -0.2) is 9.37 Å². The SMILES string of the molecule is CC=O.CN[C@@H](C)/C=C/c1ccc(Oc2ccc(-c3ccc(F)cc3)cc2)nc1. The van der Waals surface area contributed by atoms with Gasteiger partial charge in [0.25, 0.3) is 0 Å². The first-order chi connectivity index (χ1) is 14.0. The van der Waals surface area contributed by atoms with Gasteiger partial charge in [0.1, 0.15) is 17.9 Å². The number of aldehydes is 1. The molecule has 29 heavy (non-hydrogen) atoms. The molecule has 0 spiro atoms. The summed E-state index contributed by atoms with van der Waals surface area (Å²) in [6.45, 7) is 3.52. The predicted molar refractivity (Wildman–Crippen MR) is 115 cm³/mol. The molecular weight excluding hydrogens is 367 g/mol. The lowest BCUT2D eigenvalue weighted by atomic mass is 10.1. The van der Waals surface area contributed by atoms with Gasteiger partial charge in [-0.2, -0.15) is 0 Å². The normalized spacial score (nSPS) is 11.4. The summed E-state index contributed by atoms with van der Waals surface area (Å²) in [4.78, 5) is 13.1. The van der Waals surface area contributed by atoms with Crippen molar-refractivity contribution in [2.45, 2.75) is 19.9 Å². The molecule has 1 atom stereocenters. The summed E-state index contributed by atoms with van der Waals surface area (Å²) < 4.78 is 18.8. The number of likely N-dealkylation sites (N-methyl/N-ethyl adjacent to an activating group) is 1. The lowest BCUT2D eigenvalue weighted by molar-refractivity contribution is -0.106. The number of aromatic nitrogens is 1.